The number of carbonyl (C=O) groups excluding carboxylic acids is 1. The summed E-state index contributed by atoms with van der Waals surface area (Å²) < 4.78 is 63.1. The lowest BCUT2D eigenvalue weighted by atomic mass is 10.2. The third-order valence-electron chi connectivity index (χ3n) is 6.22. The molecule has 4 rings (SSSR count). The van der Waals surface area contributed by atoms with Gasteiger partial charge >= 0.3 is 0 Å². The van der Waals surface area contributed by atoms with Crippen LogP contribution in [0, 0.1) is 11.6 Å². The minimum Gasteiger partial charge on any atom is -0.493 e. The summed E-state index contributed by atoms with van der Waals surface area (Å²) in [6, 6.07) is 24.4. The van der Waals surface area contributed by atoms with Gasteiger partial charge in [0.2, 0.25) is 5.91 Å². The Bertz CT molecular complexity index is 1630. The Labute approximate surface area is 249 Å². The summed E-state index contributed by atoms with van der Waals surface area (Å²) in [5, 5.41) is 3.16. The van der Waals surface area contributed by atoms with Crippen LogP contribution in [0.25, 0.3) is 6.08 Å². The molecule has 10 heteroatoms. The number of ether oxygens (including phenoxy) is 1. The van der Waals surface area contributed by atoms with Gasteiger partial charge in [-0.15, -0.1) is 0 Å². The van der Waals surface area contributed by atoms with Crippen molar-refractivity contribution < 1.29 is 26.7 Å². The quantitative estimate of drug-likeness (QED) is 0.131. The molecule has 0 bridgehead atoms. The van der Waals surface area contributed by atoms with E-state index < -0.39 is 27.3 Å². The van der Waals surface area contributed by atoms with Crippen molar-refractivity contribution in [2.75, 3.05) is 17.5 Å². The fraction of sp³-hybridized carbons (Fsp3) is 0.156. The number of anilines is 1. The maximum atomic E-state index is 14.9. The molecule has 1 N–H and O–H groups in total. The van der Waals surface area contributed by atoms with E-state index in [-0.39, 0.29) is 17.3 Å². The van der Waals surface area contributed by atoms with E-state index in [0.717, 1.165) is 28.1 Å². The molecular formula is C32H29ClF2N2O4S. The smallest absolute Gasteiger partial charge is 0.264 e. The van der Waals surface area contributed by atoms with Crippen molar-refractivity contribution in [3.05, 3.63) is 131 Å². The van der Waals surface area contributed by atoms with E-state index in [1.807, 2.05) is 30.3 Å². The number of para-hydroxylation sites is 1. The first kappa shape index (κ1) is 30.7. The van der Waals surface area contributed by atoms with Crippen molar-refractivity contribution in [1.82, 2.24) is 5.32 Å². The molecule has 0 heterocycles. The molecule has 218 valence electrons. The third kappa shape index (κ3) is 8.41. The SMILES string of the molecule is O=C(/C=C\c1ccccc1)NCCCCOc1ccccc1CN(c1cc(F)ccc1F)S(=O)(=O)c1ccc(Cl)cc1. The van der Waals surface area contributed by atoms with Crippen LogP contribution in [0.2, 0.25) is 5.02 Å². The number of unbranched alkanes of at least 4 members (excludes halogenated alkanes) is 1. The molecular weight excluding hydrogens is 582 g/mol. The van der Waals surface area contributed by atoms with Gasteiger partial charge in [-0.3, -0.25) is 9.10 Å². The number of nitrogens with zero attached hydrogens (tertiary/aromatic N) is 1. The van der Waals surface area contributed by atoms with Crippen molar-refractivity contribution in [3.8, 4) is 5.75 Å². The van der Waals surface area contributed by atoms with E-state index in [4.69, 9.17) is 16.3 Å². The van der Waals surface area contributed by atoms with Gasteiger partial charge < -0.3 is 10.1 Å². The first-order chi connectivity index (χ1) is 20.2. The predicted molar refractivity (Wildman–Crippen MR) is 161 cm³/mol. The number of nitrogens with one attached hydrogen (secondary N) is 1. The molecule has 4 aromatic carbocycles. The van der Waals surface area contributed by atoms with Crippen LogP contribution in [0.1, 0.15) is 24.0 Å². The number of rotatable bonds is 13. The highest BCUT2D eigenvalue weighted by Crippen LogP contribution is 2.32. The largest absolute Gasteiger partial charge is 0.493 e. The van der Waals surface area contributed by atoms with E-state index in [2.05, 4.69) is 5.32 Å². The Morgan fingerprint density at radius 2 is 1.62 bits per heavy atom. The summed E-state index contributed by atoms with van der Waals surface area (Å²) >= 11 is 5.93. The summed E-state index contributed by atoms with van der Waals surface area (Å²) in [7, 11) is -4.32. The number of carbonyl (C=O) groups is 1. The van der Waals surface area contributed by atoms with Gasteiger partial charge in [0.25, 0.3) is 10.0 Å². The average molecular weight is 611 g/mol. The van der Waals surface area contributed by atoms with Crippen molar-refractivity contribution in [3.63, 3.8) is 0 Å². The monoisotopic (exact) mass is 610 g/mol. The van der Waals surface area contributed by atoms with Crippen LogP contribution in [0.3, 0.4) is 0 Å². The van der Waals surface area contributed by atoms with E-state index in [1.165, 1.54) is 30.3 Å². The van der Waals surface area contributed by atoms with E-state index in [1.54, 1.807) is 30.3 Å². The molecule has 6 nitrogen and oxygen atoms in total. The lowest BCUT2D eigenvalue weighted by Gasteiger charge is -2.26. The third-order valence-corrected chi connectivity index (χ3v) is 8.25. The number of halogens is 3. The first-order valence-corrected chi connectivity index (χ1v) is 15.0. The maximum Gasteiger partial charge on any atom is 0.264 e. The van der Waals surface area contributed by atoms with Gasteiger partial charge in [0.15, 0.2) is 0 Å². The minimum atomic E-state index is -4.32. The van der Waals surface area contributed by atoms with Crippen molar-refractivity contribution in [2.45, 2.75) is 24.3 Å². The molecule has 0 aliphatic carbocycles. The fourth-order valence-corrected chi connectivity index (χ4v) is 5.62. The van der Waals surface area contributed by atoms with Crippen LogP contribution in [-0.2, 0) is 21.4 Å². The van der Waals surface area contributed by atoms with Gasteiger partial charge in [-0.25, -0.2) is 17.2 Å². The summed E-state index contributed by atoms with van der Waals surface area (Å²) in [4.78, 5) is 11.9. The van der Waals surface area contributed by atoms with Crippen molar-refractivity contribution in [1.29, 1.82) is 0 Å². The number of hydrogen-bond acceptors (Lipinski definition) is 4. The molecule has 0 aliphatic heterocycles. The highest BCUT2D eigenvalue weighted by Gasteiger charge is 2.29. The number of hydrogen-bond donors (Lipinski definition) is 1. The molecule has 0 saturated carbocycles. The Hall–Kier alpha value is -4.21. The van der Waals surface area contributed by atoms with Gasteiger partial charge in [0, 0.05) is 29.3 Å². The van der Waals surface area contributed by atoms with Crippen LogP contribution in [-0.4, -0.2) is 27.5 Å². The number of benzene rings is 4. The molecule has 42 heavy (non-hydrogen) atoms. The second-order valence-corrected chi connectivity index (χ2v) is 11.6. The molecule has 0 saturated heterocycles. The lowest BCUT2D eigenvalue weighted by molar-refractivity contribution is -0.116. The van der Waals surface area contributed by atoms with Gasteiger partial charge in [-0.2, -0.15) is 0 Å². The van der Waals surface area contributed by atoms with Crippen molar-refractivity contribution >= 4 is 39.3 Å². The molecule has 0 unspecified atom stereocenters. The normalized spacial score (nSPS) is 11.4. The van der Waals surface area contributed by atoms with Crippen LogP contribution in [0.5, 0.6) is 5.75 Å². The summed E-state index contributed by atoms with van der Waals surface area (Å²) in [6.45, 7) is 0.436. The standard InChI is InChI=1S/C32H29ClF2N2O4S/c33-26-13-16-28(17-14-26)42(39,40)37(30-22-27(34)15-18-29(30)35)23-25-10-4-5-11-31(25)41-21-7-6-20-36-32(38)19-12-24-8-2-1-3-9-24/h1-5,8-19,22H,6-7,20-21,23H2,(H,36,38)/b19-12-. The molecule has 0 aliphatic rings. The molecule has 1 amide bonds. The molecule has 0 aromatic heterocycles. The molecule has 0 radical (unpaired) electrons. The summed E-state index contributed by atoms with van der Waals surface area (Å²) in [5.74, 6) is -1.47. The minimum absolute atomic E-state index is 0.130. The van der Waals surface area contributed by atoms with Gasteiger partial charge in [0.1, 0.15) is 17.4 Å². The van der Waals surface area contributed by atoms with Crippen LogP contribution in [0.4, 0.5) is 14.5 Å². The Balaban J connectivity index is 1.41. The molecule has 0 atom stereocenters. The van der Waals surface area contributed by atoms with Crippen molar-refractivity contribution in [2.24, 2.45) is 0 Å². The first-order valence-electron chi connectivity index (χ1n) is 13.2. The zero-order valence-electron chi connectivity index (χ0n) is 22.6. The highest BCUT2D eigenvalue weighted by molar-refractivity contribution is 7.92. The second kappa shape index (κ2) is 14.6. The van der Waals surface area contributed by atoms with Crippen LogP contribution >= 0.6 is 11.6 Å². The van der Waals surface area contributed by atoms with Crippen LogP contribution < -0.4 is 14.4 Å². The zero-order chi connectivity index (χ0) is 30.0. The Morgan fingerprint density at radius 1 is 0.905 bits per heavy atom. The molecule has 4 aromatic rings. The van der Waals surface area contributed by atoms with Crippen LogP contribution in [0.15, 0.2) is 108 Å². The summed E-state index contributed by atoms with van der Waals surface area (Å²) in [5.41, 5.74) is 0.953. The highest BCUT2D eigenvalue weighted by atomic mass is 35.5. The van der Waals surface area contributed by atoms with E-state index in [9.17, 15) is 22.0 Å². The zero-order valence-corrected chi connectivity index (χ0v) is 24.1. The second-order valence-electron chi connectivity index (χ2n) is 9.26. The van der Waals surface area contributed by atoms with E-state index in [0.29, 0.717) is 42.3 Å². The van der Waals surface area contributed by atoms with E-state index >= 15 is 0 Å². The fourth-order valence-electron chi connectivity index (χ4n) is 4.06. The maximum absolute atomic E-state index is 14.9. The van der Waals surface area contributed by atoms with Gasteiger partial charge in [0.05, 0.1) is 23.7 Å². The topological polar surface area (TPSA) is 75.7 Å². The van der Waals surface area contributed by atoms with Gasteiger partial charge in [-0.1, -0.05) is 60.1 Å². The predicted octanol–water partition coefficient (Wildman–Crippen LogP) is 7.00. The molecule has 0 spiro atoms. The molecule has 0 fully saturated rings. The summed E-state index contributed by atoms with van der Waals surface area (Å²) in [6.07, 6.45) is 4.48. The number of sulfonamides is 1. The number of amides is 1. The Morgan fingerprint density at radius 3 is 2.38 bits per heavy atom. The Kier molecular flexibility index (Phi) is 10.7. The van der Waals surface area contributed by atoms with Gasteiger partial charge in [-0.05, 0) is 66.9 Å². The average Bonchev–Trinajstić information content (AvgIpc) is 2.99. The lowest BCUT2D eigenvalue weighted by Crippen LogP contribution is -2.31.